The van der Waals surface area contributed by atoms with Gasteiger partial charge in [0.15, 0.2) is 5.82 Å². The van der Waals surface area contributed by atoms with Crippen molar-refractivity contribution in [2.75, 3.05) is 11.9 Å². The summed E-state index contributed by atoms with van der Waals surface area (Å²) in [6, 6.07) is 1.62. The van der Waals surface area contributed by atoms with Gasteiger partial charge in [0.25, 0.3) is 5.91 Å². The Morgan fingerprint density at radius 3 is 2.95 bits per heavy atom. The van der Waals surface area contributed by atoms with Crippen molar-refractivity contribution in [1.29, 1.82) is 0 Å². The van der Waals surface area contributed by atoms with Crippen molar-refractivity contribution in [3.8, 4) is 0 Å². The number of amides is 1. The molecule has 0 fully saturated rings. The molecule has 1 amide bonds. The Morgan fingerprint density at radius 1 is 1.53 bits per heavy atom. The van der Waals surface area contributed by atoms with Crippen molar-refractivity contribution in [2.45, 2.75) is 6.92 Å². The summed E-state index contributed by atoms with van der Waals surface area (Å²) in [5.41, 5.74) is 0.356. The monoisotopic (exact) mass is 279 g/mol. The van der Waals surface area contributed by atoms with Gasteiger partial charge < -0.3 is 14.6 Å². The van der Waals surface area contributed by atoms with E-state index in [4.69, 9.17) is 4.74 Å². The molecule has 0 unspecified atom stereocenters. The fraction of sp³-hybridized carbons (Fsp3) is 0.250. The van der Waals surface area contributed by atoms with E-state index in [1.807, 2.05) is 0 Å². The number of carbonyl (C=O) groups excluding carboxylic acids is 2. The lowest BCUT2D eigenvalue weighted by molar-refractivity contribution is 0.0528. The summed E-state index contributed by atoms with van der Waals surface area (Å²) in [4.78, 5) is 27.6. The van der Waals surface area contributed by atoms with E-state index in [1.54, 1.807) is 36.2 Å². The predicted molar refractivity (Wildman–Crippen MR) is 71.4 cm³/mol. The summed E-state index contributed by atoms with van der Waals surface area (Å²) in [7, 11) is 1.72. The van der Waals surface area contributed by atoms with E-state index in [-0.39, 0.29) is 11.7 Å². The molecular weight excluding hydrogens is 266 g/mol. The smallest absolute Gasteiger partial charge is 0.341 e. The van der Waals surface area contributed by atoms with E-state index < -0.39 is 5.97 Å². The molecule has 0 aromatic carbocycles. The summed E-state index contributed by atoms with van der Waals surface area (Å²) in [5.74, 6) is -0.525. The average molecular weight is 279 g/mol. The van der Waals surface area contributed by atoms with E-state index in [1.165, 1.54) is 17.5 Å². The van der Waals surface area contributed by atoms with Gasteiger partial charge in [0.2, 0.25) is 0 Å². The van der Waals surface area contributed by atoms with Gasteiger partial charge in [-0.2, -0.15) is 0 Å². The van der Waals surface area contributed by atoms with Gasteiger partial charge in [0.1, 0.15) is 5.00 Å². The second kappa shape index (κ2) is 5.66. The maximum atomic E-state index is 12.0. The summed E-state index contributed by atoms with van der Waals surface area (Å²) >= 11 is 1.27. The number of rotatable bonds is 4. The largest absolute Gasteiger partial charge is 0.462 e. The van der Waals surface area contributed by atoms with Crippen LogP contribution in [0.3, 0.4) is 0 Å². The van der Waals surface area contributed by atoms with Gasteiger partial charge in [-0.25, -0.2) is 9.78 Å². The minimum atomic E-state index is -0.445. The molecule has 0 radical (unpaired) electrons. The number of thiophene rings is 1. The molecule has 2 heterocycles. The fourth-order valence-electron chi connectivity index (χ4n) is 1.52. The van der Waals surface area contributed by atoms with Crippen molar-refractivity contribution in [2.24, 2.45) is 7.05 Å². The Morgan fingerprint density at radius 2 is 2.32 bits per heavy atom. The van der Waals surface area contributed by atoms with Gasteiger partial charge in [-0.1, -0.05) is 0 Å². The van der Waals surface area contributed by atoms with Crippen LogP contribution in [0.1, 0.15) is 27.9 Å². The number of hydrogen-bond acceptors (Lipinski definition) is 5. The van der Waals surface area contributed by atoms with Crippen LogP contribution < -0.4 is 5.32 Å². The van der Waals surface area contributed by atoms with Crippen LogP contribution in [-0.4, -0.2) is 28.0 Å². The van der Waals surface area contributed by atoms with Crippen LogP contribution in [-0.2, 0) is 11.8 Å². The first-order valence-electron chi connectivity index (χ1n) is 5.66. The highest BCUT2D eigenvalue weighted by Gasteiger charge is 2.18. The highest BCUT2D eigenvalue weighted by atomic mass is 32.1. The molecule has 0 spiro atoms. The topological polar surface area (TPSA) is 73.2 Å². The molecular formula is C12H13N3O3S. The van der Waals surface area contributed by atoms with Crippen molar-refractivity contribution in [3.05, 3.63) is 35.2 Å². The van der Waals surface area contributed by atoms with Crippen molar-refractivity contribution in [1.82, 2.24) is 9.55 Å². The van der Waals surface area contributed by atoms with Crippen molar-refractivity contribution < 1.29 is 14.3 Å². The third kappa shape index (κ3) is 2.82. The van der Waals surface area contributed by atoms with Crippen LogP contribution in [0.15, 0.2) is 23.8 Å². The maximum absolute atomic E-state index is 12.0. The first kappa shape index (κ1) is 13.3. The number of carbonyl (C=O) groups is 2. The molecule has 0 saturated heterocycles. The molecule has 1 N–H and O–H groups in total. The van der Waals surface area contributed by atoms with E-state index >= 15 is 0 Å². The standard InChI is InChI=1S/C12H13N3O3S/c1-3-18-12(17)8-4-7-19-11(8)14-10(16)9-13-5-6-15(9)2/h4-7H,3H2,1-2H3,(H,14,16). The van der Waals surface area contributed by atoms with Gasteiger partial charge in [-0.05, 0) is 18.4 Å². The number of nitrogens with zero attached hydrogens (tertiary/aromatic N) is 2. The van der Waals surface area contributed by atoms with E-state index in [2.05, 4.69) is 10.3 Å². The number of aryl methyl sites for hydroxylation is 1. The zero-order chi connectivity index (χ0) is 13.8. The molecule has 0 aliphatic rings. The first-order chi connectivity index (χ1) is 9.13. The number of hydrogen-bond donors (Lipinski definition) is 1. The number of nitrogens with one attached hydrogen (secondary N) is 1. The molecule has 19 heavy (non-hydrogen) atoms. The summed E-state index contributed by atoms with van der Waals surface area (Å²) in [6.45, 7) is 2.03. The van der Waals surface area contributed by atoms with E-state index in [0.717, 1.165) is 0 Å². The van der Waals surface area contributed by atoms with Gasteiger partial charge in [-0.3, -0.25) is 4.79 Å². The maximum Gasteiger partial charge on any atom is 0.341 e. The molecule has 0 aliphatic heterocycles. The molecule has 0 saturated carbocycles. The second-order valence-electron chi connectivity index (χ2n) is 3.70. The number of esters is 1. The minimum Gasteiger partial charge on any atom is -0.462 e. The Bertz CT molecular complexity index is 603. The minimum absolute atomic E-state index is 0.281. The fourth-order valence-corrected chi connectivity index (χ4v) is 2.29. The quantitative estimate of drug-likeness (QED) is 0.868. The summed E-state index contributed by atoms with van der Waals surface area (Å²) < 4.78 is 6.52. The molecule has 2 aromatic rings. The van der Waals surface area contributed by atoms with Crippen LogP contribution in [0.2, 0.25) is 0 Å². The number of anilines is 1. The van der Waals surface area contributed by atoms with Crippen molar-refractivity contribution >= 4 is 28.2 Å². The number of aromatic nitrogens is 2. The lowest BCUT2D eigenvalue weighted by atomic mass is 10.3. The molecule has 7 heteroatoms. The molecule has 6 nitrogen and oxygen atoms in total. The predicted octanol–water partition coefficient (Wildman–Crippen LogP) is 1.91. The Labute approximate surface area is 114 Å². The van der Waals surface area contributed by atoms with Crippen LogP contribution in [0.5, 0.6) is 0 Å². The van der Waals surface area contributed by atoms with Gasteiger partial charge >= 0.3 is 5.97 Å². The third-order valence-corrected chi connectivity index (χ3v) is 3.24. The second-order valence-corrected chi connectivity index (χ2v) is 4.62. The highest BCUT2D eigenvalue weighted by molar-refractivity contribution is 7.14. The van der Waals surface area contributed by atoms with Crippen molar-refractivity contribution in [3.63, 3.8) is 0 Å². The Balaban J connectivity index is 2.16. The number of ether oxygens (including phenoxy) is 1. The molecule has 2 rings (SSSR count). The van der Waals surface area contributed by atoms with Gasteiger partial charge in [-0.15, -0.1) is 11.3 Å². The number of imidazole rings is 1. The van der Waals surface area contributed by atoms with Gasteiger partial charge in [0, 0.05) is 19.4 Å². The Kier molecular flexibility index (Phi) is 3.96. The van der Waals surface area contributed by atoms with Crippen LogP contribution in [0.4, 0.5) is 5.00 Å². The highest BCUT2D eigenvalue weighted by Crippen LogP contribution is 2.24. The lowest BCUT2D eigenvalue weighted by Crippen LogP contribution is -2.18. The van der Waals surface area contributed by atoms with Crippen LogP contribution in [0.25, 0.3) is 0 Å². The zero-order valence-electron chi connectivity index (χ0n) is 10.5. The lowest BCUT2D eigenvalue weighted by Gasteiger charge is -2.05. The third-order valence-electron chi connectivity index (χ3n) is 2.41. The average Bonchev–Trinajstić information content (AvgIpc) is 2.98. The first-order valence-corrected chi connectivity index (χ1v) is 6.54. The zero-order valence-corrected chi connectivity index (χ0v) is 11.4. The van der Waals surface area contributed by atoms with E-state index in [0.29, 0.717) is 17.2 Å². The Hall–Kier alpha value is -2.15. The van der Waals surface area contributed by atoms with E-state index in [9.17, 15) is 9.59 Å². The molecule has 2 aromatic heterocycles. The molecule has 100 valence electrons. The molecule has 0 bridgehead atoms. The summed E-state index contributed by atoms with van der Waals surface area (Å²) in [6.07, 6.45) is 3.21. The SMILES string of the molecule is CCOC(=O)c1ccsc1NC(=O)c1nccn1C. The molecule has 0 aliphatic carbocycles. The normalized spacial score (nSPS) is 10.2. The van der Waals surface area contributed by atoms with Gasteiger partial charge in [0.05, 0.1) is 12.2 Å². The molecule has 0 atom stereocenters. The van der Waals surface area contributed by atoms with Crippen LogP contribution >= 0.6 is 11.3 Å². The summed E-state index contributed by atoms with van der Waals surface area (Å²) in [5, 5.41) is 4.86. The van der Waals surface area contributed by atoms with Crippen LogP contribution in [0, 0.1) is 0 Å².